The minimum absolute atomic E-state index is 0.0608. The Bertz CT molecular complexity index is 940. The molecule has 0 radical (unpaired) electrons. The first-order valence-corrected chi connectivity index (χ1v) is 9.13. The average molecular weight is 350 g/mol. The van der Waals surface area contributed by atoms with E-state index in [1.165, 1.54) is 11.3 Å². The predicted octanol–water partition coefficient (Wildman–Crippen LogP) is 4.81. The van der Waals surface area contributed by atoms with Gasteiger partial charge in [0.15, 0.2) is 0 Å². The normalized spacial score (nSPS) is 13.6. The van der Waals surface area contributed by atoms with Gasteiger partial charge in [0.25, 0.3) is 5.91 Å². The first-order valence-electron chi connectivity index (χ1n) is 8.31. The van der Waals surface area contributed by atoms with E-state index in [4.69, 9.17) is 0 Å². The molecule has 4 rings (SSSR count). The molecule has 1 fully saturated rings. The number of carbonyl (C=O) groups excluding carboxylic acids is 2. The number of thiophene rings is 1. The Morgan fingerprint density at radius 1 is 1.04 bits per heavy atom. The molecule has 126 valence electrons. The number of aryl methyl sites for hydroxylation is 1. The lowest BCUT2D eigenvalue weighted by atomic mass is 10.1. The molecular weight excluding hydrogens is 332 g/mol. The van der Waals surface area contributed by atoms with Gasteiger partial charge in [0.1, 0.15) is 0 Å². The summed E-state index contributed by atoms with van der Waals surface area (Å²) < 4.78 is 1.09. The number of anilines is 2. The number of amides is 2. The molecule has 1 aromatic heterocycles. The second-order valence-corrected chi connectivity index (χ2v) is 7.48. The molecule has 5 heteroatoms. The average Bonchev–Trinajstić information content (AvgIpc) is 3.36. The molecule has 1 saturated carbocycles. The summed E-state index contributed by atoms with van der Waals surface area (Å²) in [4.78, 5) is 25.2. The van der Waals surface area contributed by atoms with Crippen LogP contribution in [0.15, 0.2) is 48.5 Å². The lowest BCUT2D eigenvalue weighted by Crippen LogP contribution is -2.15. The van der Waals surface area contributed by atoms with Crippen LogP contribution in [0, 0.1) is 12.8 Å². The molecule has 1 aliphatic carbocycles. The maximum absolute atomic E-state index is 12.6. The van der Waals surface area contributed by atoms with E-state index in [0.717, 1.165) is 34.2 Å². The Kier molecular flexibility index (Phi) is 4.01. The fraction of sp³-hybridized carbons (Fsp3) is 0.200. The molecule has 3 aromatic rings. The number of benzene rings is 2. The molecule has 2 aromatic carbocycles. The van der Waals surface area contributed by atoms with Crippen molar-refractivity contribution in [2.75, 3.05) is 10.6 Å². The van der Waals surface area contributed by atoms with Crippen molar-refractivity contribution in [1.82, 2.24) is 0 Å². The molecule has 2 N–H and O–H groups in total. The Labute approximate surface area is 149 Å². The van der Waals surface area contributed by atoms with Crippen molar-refractivity contribution in [1.29, 1.82) is 0 Å². The van der Waals surface area contributed by atoms with Crippen LogP contribution in [0.25, 0.3) is 10.1 Å². The van der Waals surface area contributed by atoms with Gasteiger partial charge in [-0.2, -0.15) is 0 Å². The Hall–Kier alpha value is -2.66. The third-order valence-corrected chi connectivity index (χ3v) is 5.47. The van der Waals surface area contributed by atoms with Crippen LogP contribution in [0.3, 0.4) is 0 Å². The van der Waals surface area contributed by atoms with E-state index in [9.17, 15) is 9.59 Å². The molecule has 4 nitrogen and oxygen atoms in total. The van der Waals surface area contributed by atoms with Crippen molar-refractivity contribution in [3.8, 4) is 0 Å². The van der Waals surface area contributed by atoms with Crippen LogP contribution in [0.1, 0.15) is 28.1 Å². The summed E-state index contributed by atoms with van der Waals surface area (Å²) >= 11 is 1.48. The number of rotatable bonds is 4. The van der Waals surface area contributed by atoms with E-state index in [2.05, 4.69) is 10.6 Å². The van der Waals surface area contributed by atoms with E-state index in [1.807, 2.05) is 55.5 Å². The molecule has 0 aliphatic heterocycles. The molecule has 0 atom stereocenters. The van der Waals surface area contributed by atoms with Crippen molar-refractivity contribution < 1.29 is 9.59 Å². The van der Waals surface area contributed by atoms with Gasteiger partial charge in [0.05, 0.1) is 4.88 Å². The van der Waals surface area contributed by atoms with Crippen molar-refractivity contribution in [2.45, 2.75) is 19.8 Å². The monoisotopic (exact) mass is 350 g/mol. The number of carbonyl (C=O) groups is 2. The summed E-state index contributed by atoms with van der Waals surface area (Å²) in [5.74, 6) is 0.0819. The second kappa shape index (κ2) is 6.33. The first-order chi connectivity index (χ1) is 12.1. The molecule has 25 heavy (non-hydrogen) atoms. The first kappa shape index (κ1) is 15.8. The second-order valence-electron chi connectivity index (χ2n) is 6.40. The standard InChI is InChI=1S/C20H18N2O2S/c1-12-6-9-15(21-19(23)13-7-8-13)11-16(12)22-20(24)18-10-14-4-2-3-5-17(14)25-18/h2-6,9-11,13H,7-8H2,1H3,(H,21,23)(H,22,24). The lowest BCUT2D eigenvalue weighted by molar-refractivity contribution is -0.117. The predicted molar refractivity (Wildman–Crippen MR) is 102 cm³/mol. The van der Waals surface area contributed by atoms with Gasteiger partial charge >= 0.3 is 0 Å². The SMILES string of the molecule is Cc1ccc(NC(=O)C2CC2)cc1NC(=O)c1cc2ccccc2s1. The minimum Gasteiger partial charge on any atom is -0.326 e. The van der Waals surface area contributed by atoms with E-state index < -0.39 is 0 Å². The minimum atomic E-state index is -0.130. The smallest absolute Gasteiger partial charge is 0.265 e. The molecule has 0 unspecified atom stereocenters. The highest BCUT2D eigenvalue weighted by Gasteiger charge is 2.29. The van der Waals surface area contributed by atoms with E-state index in [-0.39, 0.29) is 17.7 Å². The van der Waals surface area contributed by atoms with Gasteiger partial charge in [-0.15, -0.1) is 11.3 Å². The molecule has 1 aliphatic rings. The topological polar surface area (TPSA) is 58.2 Å². The fourth-order valence-corrected chi connectivity index (χ4v) is 3.66. The van der Waals surface area contributed by atoms with Crippen molar-refractivity contribution in [3.63, 3.8) is 0 Å². The largest absolute Gasteiger partial charge is 0.326 e. The number of nitrogens with one attached hydrogen (secondary N) is 2. The molecule has 0 spiro atoms. The number of hydrogen-bond donors (Lipinski definition) is 2. The summed E-state index contributed by atoms with van der Waals surface area (Å²) in [5, 5.41) is 6.95. The quantitative estimate of drug-likeness (QED) is 0.709. The molecular formula is C20H18N2O2S. The summed E-state index contributed by atoms with van der Waals surface area (Å²) in [6, 6.07) is 15.4. The van der Waals surface area contributed by atoms with Crippen molar-refractivity contribution >= 4 is 44.6 Å². The third-order valence-electron chi connectivity index (χ3n) is 4.35. The zero-order valence-electron chi connectivity index (χ0n) is 13.8. The van der Waals surface area contributed by atoms with Crippen LogP contribution in [0.2, 0.25) is 0 Å². The maximum atomic E-state index is 12.6. The summed E-state index contributed by atoms with van der Waals surface area (Å²) in [7, 11) is 0. The Morgan fingerprint density at radius 2 is 1.84 bits per heavy atom. The van der Waals surface area contributed by atoms with Gasteiger partial charge < -0.3 is 10.6 Å². The summed E-state index contributed by atoms with van der Waals surface area (Å²) in [5.41, 5.74) is 2.39. The van der Waals surface area contributed by atoms with Gasteiger partial charge in [0.2, 0.25) is 5.91 Å². The van der Waals surface area contributed by atoms with E-state index in [1.54, 1.807) is 0 Å². The lowest BCUT2D eigenvalue weighted by Gasteiger charge is -2.11. The highest BCUT2D eigenvalue weighted by molar-refractivity contribution is 7.20. The number of hydrogen-bond acceptors (Lipinski definition) is 3. The molecule has 0 bridgehead atoms. The Morgan fingerprint density at radius 3 is 2.60 bits per heavy atom. The molecule has 1 heterocycles. The highest BCUT2D eigenvalue weighted by atomic mass is 32.1. The van der Waals surface area contributed by atoms with Crippen LogP contribution in [0.4, 0.5) is 11.4 Å². The zero-order chi connectivity index (χ0) is 17.4. The van der Waals surface area contributed by atoms with Crippen LogP contribution >= 0.6 is 11.3 Å². The van der Waals surface area contributed by atoms with Gasteiger partial charge in [0, 0.05) is 22.0 Å². The van der Waals surface area contributed by atoms with Crippen LogP contribution in [-0.2, 0) is 4.79 Å². The van der Waals surface area contributed by atoms with E-state index >= 15 is 0 Å². The van der Waals surface area contributed by atoms with Crippen LogP contribution < -0.4 is 10.6 Å². The van der Waals surface area contributed by atoms with Gasteiger partial charge in [-0.1, -0.05) is 24.3 Å². The van der Waals surface area contributed by atoms with E-state index in [0.29, 0.717) is 10.6 Å². The fourth-order valence-electron chi connectivity index (χ4n) is 2.70. The molecule has 2 amide bonds. The van der Waals surface area contributed by atoms with Gasteiger partial charge in [-0.3, -0.25) is 9.59 Å². The van der Waals surface area contributed by atoms with Crippen molar-refractivity contribution in [2.24, 2.45) is 5.92 Å². The van der Waals surface area contributed by atoms with Gasteiger partial charge in [-0.25, -0.2) is 0 Å². The molecule has 0 saturated heterocycles. The van der Waals surface area contributed by atoms with Crippen LogP contribution in [0.5, 0.6) is 0 Å². The summed E-state index contributed by atoms with van der Waals surface area (Å²) in [6.07, 6.45) is 1.93. The van der Waals surface area contributed by atoms with Crippen molar-refractivity contribution in [3.05, 3.63) is 59.0 Å². The number of fused-ring (bicyclic) bond motifs is 1. The third kappa shape index (κ3) is 3.42. The Balaban J connectivity index is 1.54. The maximum Gasteiger partial charge on any atom is 0.265 e. The zero-order valence-corrected chi connectivity index (χ0v) is 14.7. The highest BCUT2D eigenvalue weighted by Crippen LogP contribution is 2.31. The summed E-state index contributed by atoms with van der Waals surface area (Å²) in [6.45, 7) is 1.94. The van der Waals surface area contributed by atoms with Crippen LogP contribution in [-0.4, -0.2) is 11.8 Å². The van der Waals surface area contributed by atoms with Gasteiger partial charge in [-0.05, 0) is 55.0 Å².